The Kier molecular flexibility index (Phi) is 7.70. The molecule has 3 atom stereocenters. The second-order valence-electron chi connectivity index (χ2n) is 8.10. The van der Waals surface area contributed by atoms with Crippen molar-refractivity contribution in [3.63, 3.8) is 0 Å². The highest BCUT2D eigenvalue weighted by molar-refractivity contribution is 7.09. The number of aromatic nitrogens is 1. The van der Waals surface area contributed by atoms with Crippen LogP contribution in [0.4, 0.5) is 13.2 Å². The van der Waals surface area contributed by atoms with Gasteiger partial charge in [-0.3, -0.25) is 9.69 Å². The number of thiazole rings is 1. The summed E-state index contributed by atoms with van der Waals surface area (Å²) in [7, 11) is 0. The SMILES string of the molecule is O=C(C[C@@H]1COC[C@H]2CN(Cc3nccs3)C[C@@H]12)NCC1CC1.O=C(O)C(F)(F)F. The monoisotopic (exact) mass is 449 g/mol. The number of hydrogen-bond acceptors (Lipinski definition) is 6. The van der Waals surface area contributed by atoms with Gasteiger partial charge in [0.15, 0.2) is 0 Å². The molecule has 1 saturated carbocycles. The van der Waals surface area contributed by atoms with Crippen LogP contribution >= 0.6 is 11.3 Å². The van der Waals surface area contributed by atoms with Gasteiger partial charge < -0.3 is 15.2 Å². The molecule has 0 radical (unpaired) electrons. The van der Waals surface area contributed by atoms with Crippen molar-refractivity contribution in [3.05, 3.63) is 16.6 Å². The lowest BCUT2D eigenvalue weighted by atomic mass is 9.81. The number of fused-ring (bicyclic) bond motifs is 1. The number of halogens is 3. The van der Waals surface area contributed by atoms with Gasteiger partial charge in [0, 0.05) is 37.6 Å². The van der Waals surface area contributed by atoms with Crippen LogP contribution in [0.1, 0.15) is 24.3 Å². The average Bonchev–Trinajstić information content (AvgIpc) is 3.18. The zero-order valence-corrected chi connectivity index (χ0v) is 17.3. The lowest BCUT2D eigenvalue weighted by Crippen LogP contribution is -2.38. The third kappa shape index (κ3) is 6.92. The summed E-state index contributed by atoms with van der Waals surface area (Å²) in [6, 6.07) is 0. The maximum atomic E-state index is 12.2. The topological polar surface area (TPSA) is 91.8 Å². The van der Waals surface area contributed by atoms with E-state index in [1.165, 1.54) is 17.8 Å². The standard InChI is InChI=1S/C17H25N3O2S.C2HF3O2/c21-16(19-6-12-1-2-12)5-13-10-22-11-14-7-20(8-15(13)14)9-17-18-3-4-23-17;3-2(4,5)1(6)7/h3-4,12-15H,1-2,5-11H2,(H,19,21);(H,6,7)/t13-,14-,15+;/m1./s1. The number of nitrogens with zero attached hydrogens (tertiary/aromatic N) is 2. The van der Waals surface area contributed by atoms with E-state index in [2.05, 4.69) is 15.2 Å². The van der Waals surface area contributed by atoms with E-state index >= 15 is 0 Å². The lowest BCUT2D eigenvalue weighted by Gasteiger charge is -2.32. The molecule has 2 N–H and O–H groups in total. The Morgan fingerprint density at radius 1 is 1.30 bits per heavy atom. The number of likely N-dealkylation sites (tertiary alicyclic amines) is 1. The van der Waals surface area contributed by atoms with E-state index in [0.29, 0.717) is 24.2 Å². The second kappa shape index (κ2) is 10.1. The van der Waals surface area contributed by atoms with Crippen LogP contribution in [0.15, 0.2) is 11.6 Å². The van der Waals surface area contributed by atoms with Gasteiger partial charge in [-0.2, -0.15) is 13.2 Å². The molecule has 1 aromatic heterocycles. The summed E-state index contributed by atoms with van der Waals surface area (Å²) in [5.41, 5.74) is 0. The van der Waals surface area contributed by atoms with Gasteiger partial charge in [-0.25, -0.2) is 9.78 Å². The number of carbonyl (C=O) groups excluding carboxylic acids is 1. The molecule has 1 aromatic rings. The summed E-state index contributed by atoms with van der Waals surface area (Å²) in [6.07, 6.45) is -0.0231. The van der Waals surface area contributed by atoms with E-state index in [-0.39, 0.29) is 5.91 Å². The number of amides is 1. The van der Waals surface area contributed by atoms with Crippen LogP contribution in [0, 0.1) is 23.7 Å². The summed E-state index contributed by atoms with van der Waals surface area (Å²) in [5.74, 6) is -0.263. The molecule has 3 aliphatic rings. The molecule has 1 aliphatic carbocycles. The van der Waals surface area contributed by atoms with Gasteiger partial charge >= 0.3 is 12.1 Å². The van der Waals surface area contributed by atoms with Gasteiger partial charge in [-0.05, 0) is 36.5 Å². The summed E-state index contributed by atoms with van der Waals surface area (Å²) in [5, 5.41) is 13.4. The Labute approximate surface area is 176 Å². The highest BCUT2D eigenvalue weighted by Crippen LogP contribution is 2.36. The van der Waals surface area contributed by atoms with Crippen LogP contribution in [-0.4, -0.2) is 65.9 Å². The molecule has 0 bridgehead atoms. The van der Waals surface area contributed by atoms with Crippen LogP contribution in [-0.2, 0) is 20.9 Å². The molecule has 3 fully saturated rings. The zero-order valence-electron chi connectivity index (χ0n) is 16.4. The van der Waals surface area contributed by atoms with E-state index in [1.807, 2.05) is 11.6 Å². The fraction of sp³-hybridized carbons (Fsp3) is 0.737. The van der Waals surface area contributed by atoms with Crippen molar-refractivity contribution in [3.8, 4) is 0 Å². The van der Waals surface area contributed by atoms with Crippen molar-refractivity contribution in [2.75, 3.05) is 32.8 Å². The van der Waals surface area contributed by atoms with Crippen molar-refractivity contribution in [2.24, 2.45) is 23.7 Å². The Balaban J connectivity index is 0.000000318. The minimum Gasteiger partial charge on any atom is -0.475 e. The van der Waals surface area contributed by atoms with Crippen molar-refractivity contribution in [2.45, 2.75) is 32.0 Å². The molecule has 11 heteroatoms. The molecule has 3 heterocycles. The number of carboxylic acids is 1. The predicted molar refractivity (Wildman–Crippen MR) is 103 cm³/mol. The minimum absolute atomic E-state index is 0.213. The number of alkyl halides is 3. The molecule has 1 amide bonds. The maximum Gasteiger partial charge on any atom is 0.490 e. The van der Waals surface area contributed by atoms with Gasteiger partial charge in [-0.1, -0.05) is 0 Å². The second-order valence-corrected chi connectivity index (χ2v) is 9.08. The Hall–Kier alpha value is -1.72. The first kappa shape index (κ1) is 23.0. The van der Waals surface area contributed by atoms with E-state index < -0.39 is 12.1 Å². The highest BCUT2D eigenvalue weighted by atomic mass is 32.1. The molecule has 7 nitrogen and oxygen atoms in total. The van der Waals surface area contributed by atoms with Crippen LogP contribution in [0.3, 0.4) is 0 Å². The van der Waals surface area contributed by atoms with E-state index in [4.69, 9.17) is 14.6 Å². The minimum atomic E-state index is -5.08. The average molecular weight is 449 g/mol. The maximum absolute atomic E-state index is 12.2. The van der Waals surface area contributed by atoms with Crippen LogP contribution in [0.25, 0.3) is 0 Å². The number of hydrogen-bond donors (Lipinski definition) is 2. The first-order valence-electron chi connectivity index (χ1n) is 9.97. The van der Waals surface area contributed by atoms with Gasteiger partial charge in [0.2, 0.25) is 5.91 Å². The number of nitrogens with one attached hydrogen (secondary N) is 1. The largest absolute Gasteiger partial charge is 0.490 e. The van der Waals surface area contributed by atoms with Crippen molar-refractivity contribution >= 4 is 23.2 Å². The zero-order chi connectivity index (χ0) is 21.7. The van der Waals surface area contributed by atoms with E-state index in [9.17, 15) is 18.0 Å². The molecular formula is C19H26F3N3O4S. The first-order valence-corrected chi connectivity index (χ1v) is 10.9. The van der Waals surface area contributed by atoms with Crippen LogP contribution in [0.5, 0.6) is 0 Å². The normalized spacial score (nSPS) is 26.4. The lowest BCUT2D eigenvalue weighted by molar-refractivity contribution is -0.192. The molecular weight excluding hydrogens is 423 g/mol. The Morgan fingerprint density at radius 3 is 2.63 bits per heavy atom. The van der Waals surface area contributed by atoms with E-state index in [0.717, 1.165) is 45.3 Å². The number of carboxylic acid groups (broad SMARTS) is 1. The number of rotatable bonds is 6. The first-order chi connectivity index (χ1) is 14.2. The molecule has 0 unspecified atom stereocenters. The number of ether oxygens (including phenoxy) is 1. The predicted octanol–water partition coefficient (Wildman–Crippen LogP) is 2.39. The van der Waals surface area contributed by atoms with E-state index in [1.54, 1.807) is 11.3 Å². The summed E-state index contributed by atoms with van der Waals surface area (Å²) in [4.78, 5) is 28.0. The Morgan fingerprint density at radius 2 is 2.03 bits per heavy atom. The molecule has 0 aromatic carbocycles. The van der Waals surface area contributed by atoms with Crippen LogP contribution in [0.2, 0.25) is 0 Å². The Bertz CT molecular complexity index is 712. The smallest absolute Gasteiger partial charge is 0.475 e. The quantitative estimate of drug-likeness (QED) is 0.693. The van der Waals surface area contributed by atoms with Gasteiger partial charge in [0.05, 0.1) is 19.8 Å². The number of carbonyl (C=O) groups is 2. The van der Waals surface area contributed by atoms with Gasteiger partial charge in [0.25, 0.3) is 0 Å². The van der Waals surface area contributed by atoms with Crippen molar-refractivity contribution in [1.82, 2.24) is 15.2 Å². The summed E-state index contributed by atoms with van der Waals surface area (Å²) in [6.45, 7) is 5.54. The van der Waals surface area contributed by atoms with Gasteiger partial charge in [-0.15, -0.1) is 11.3 Å². The fourth-order valence-corrected chi connectivity index (χ4v) is 4.60. The van der Waals surface area contributed by atoms with Crippen molar-refractivity contribution < 1.29 is 32.6 Å². The molecule has 30 heavy (non-hydrogen) atoms. The molecule has 0 spiro atoms. The molecule has 2 saturated heterocycles. The molecule has 2 aliphatic heterocycles. The molecule has 168 valence electrons. The molecule has 4 rings (SSSR count). The fourth-order valence-electron chi connectivity index (χ4n) is 3.95. The summed E-state index contributed by atoms with van der Waals surface area (Å²) < 4.78 is 37.5. The summed E-state index contributed by atoms with van der Waals surface area (Å²) >= 11 is 1.72. The third-order valence-electron chi connectivity index (χ3n) is 5.65. The van der Waals surface area contributed by atoms with Crippen molar-refractivity contribution in [1.29, 1.82) is 0 Å². The van der Waals surface area contributed by atoms with Gasteiger partial charge in [0.1, 0.15) is 5.01 Å². The highest BCUT2D eigenvalue weighted by Gasteiger charge is 2.41. The number of aliphatic carboxylic acids is 1. The van der Waals surface area contributed by atoms with Crippen LogP contribution < -0.4 is 5.32 Å². The third-order valence-corrected chi connectivity index (χ3v) is 6.42.